The maximum absolute atomic E-state index is 9.70. The summed E-state index contributed by atoms with van der Waals surface area (Å²) < 4.78 is 1.67. The van der Waals surface area contributed by atoms with Crippen LogP contribution in [-0.2, 0) is 6.54 Å². The van der Waals surface area contributed by atoms with Crippen molar-refractivity contribution in [2.24, 2.45) is 0 Å². The van der Waals surface area contributed by atoms with Gasteiger partial charge in [-0.2, -0.15) is 5.10 Å². The first-order valence-corrected chi connectivity index (χ1v) is 8.18. The summed E-state index contributed by atoms with van der Waals surface area (Å²) in [5.74, 6) is 0. The lowest BCUT2D eigenvalue weighted by Crippen LogP contribution is -2.29. The van der Waals surface area contributed by atoms with Crippen LogP contribution >= 0.6 is 0 Å². The van der Waals surface area contributed by atoms with E-state index in [1.165, 1.54) is 6.33 Å². The molecule has 0 saturated heterocycles. The molecule has 1 atom stereocenters. The van der Waals surface area contributed by atoms with Crippen LogP contribution in [0.25, 0.3) is 0 Å². The van der Waals surface area contributed by atoms with E-state index < -0.39 is 8.07 Å². The van der Waals surface area contributed by atoms with Crippen molar-refractivity contribution >= 4 is 8.07 Å². The van der Waals surface area contributed by atoms with Gasteiger partial charge < -0.3 is 5.11 Å². The molecule has 0 saturated carbocycles. The maximum atomic E-state index is 9.70. The normalized spacial score (nSPS) is 14.5. The molecule has 1 aromatic heterocycles. The van der Waals surface area contributed by atoms with Gasteiger partial charge in [0.2, 0.25) is 0 Å². The minimum absolute atomic E-state index is 0.284. The van der Waals surface area contributed by atoms with Crippen LogP contribution in [0.3, 0.4) is 0 Å². The number of nitrogens with zero attached hydrogens (tertiary/aromatic N) is 3. The van der Waals surface area contributed by atoms with E-state index in [1.807, 2.05) is 0 Å². The summed E-state index contributed by atoms with van der Waals surface area (Å²) in [6.45, 7) is 7.30. The molecule has 0 bridgehead atoms. The molecule has 1 rings (SSSR count). The van der Waals surface area contributed by atoms with Gasteiger partial charge >= 0.3 is 0 Å². The third-order valence-electron chi connectivity index (χ3n) is 1.71. The van der Waals surface area contributed by atoms with Gasteiger partial charge in [-0.05, 0) is 6.04 Å². The van der Waals surface area contributed by atoms with Crippen LogP contribution in [0.2, 0.25) is 25.7 Å². The molecule has 1 heterocycles. The summed E-state index contributed by atoms with van der Waals surface area (Å²) in [4.78, 5) is 3.82. The Morgan fingerprint density at radius 3 is 2.62 bits per heavy atom. The predicted molar refractivity (Wildman–Crippen MR) is 54.2 cm³/mol. The van der Waals surface area contributed by atoms with Crippen LogP contribution in [0, 0.1) is 0 Å². The van der Waals surface area contributed by atoms with Crippen molar-refractivity contribution in [1.82, 2.24) is 14.8 Å². The van der Waals surface area contributed by atoms with Crippen LogP contribution < -0.4 is 0 Å². The van der Waals surface area contributed by atoms with E-state index in [4.69, 9.17) is 0 Å². The maximum Gasteiger partial charge on any atom is 0.137 e. The molecule has 1 N–H and O–H groups in total. The summed E-state index contributed by atoms with van der Waals surface area (Å²) >= 11 is 0. The van der Waals surface area contributed by atoms with Crippen LogP contribution in [0.5, 0.6) is 0 Å². The standard InChI is InChI=1S/C8H17N3OSi/c1-13(2,3)5-8(12)4-11-7-9-6-10-11/h6-8,12H,4-5H2,1-3H3. The lowest BCUT2D eigenvalue weighted by atomic mass is 10.4. The Bertz CT molecular complexity index is 242. The number of hydrogen-bond donors (Lipinski definition) is 1. The Kier molecular flexibility index (Phi) is 3.21. The highest BCUT2D eigenvalue weighted by Crippen LogP contribution is 2.12. The summed E-state index contributed by atoms with van der Waals surface area (Å²) in [5, 5.41) is 13.6. The summed E-state index contributed by atoms with van der Waals surface area (Å²) in [6.07, 6.45) is 2.84. The number of aromatic nitrogens is 3. The zero-order valence-electron chi connectivity index (χ0n) is 8.44. The number of aliphatic hydroxyl groups excluding tert-OH is 1. The van der Waals surface area contributed by atoms with E-state index in [2.05, 4.69) is 29.7 Å². The number of rotatable bonds is 4. The molecule has 0 radical (unpaired) electrons. The van der Waals surface area contributed by atoms with Gasteiger partial charge in [0.1, 0.15) is 12.7 Å². The molecule has 1 aromatic rings. The van der Waals surface area contributed by atoms with Gasteiger partial charge in [-0.3, -0.25) is 4.68 Å². The van der Waals surface area contributed by atoms with E-state index in [-0.39, 0.29) is 6.10 Å². The molecule has 0 aliphatic rings. The Morgan fingerprint density at radius 1 is 1.46 bits per heavy atom. The van der Waals surface area contributed by atoms with Crippen LogP contribution in [0.4, 0.5) is 0 Å². The highest BCUT2D eigenvalue weighted by Gasteiger charge is 2.18. The summed E-state index contributed by atoms with van der Waals surface area (Å²) in [7, 11) is -1.17. The van der Waals surface area contributed by atoms with Crippen molar-refractivity contribution in [1.29, 1.82) is 0 Å². The SMILES string of the molecule is C[Si](C)(C)CC(O)Cn1cncn1. The van der Waals surface area contributed by atoms with E-state index in [1.54, 1.807) is 11.0 Å². The molecule has 0 aliphatic heterocycles. The smallest absolute Gasteiger partial charge is 0.137 e. The van der Waals surface area contributed by atoms with Crippen molar-refractivity contribution in [3.8, 4) is 0 Å². The average Bonchev–Trinajstić information content (AvgIpc) is 2.34. The number of hydrogen-bond acceptors (Lipinski definition) is 3. The molecule has 0 aliphatic carbocycles. The first-order valence-electron chi connectivity index (χ1n) is 4.48. The van der Waals surface area contributed by atoms with Gasteiger partial charge in [0.25, 0.3) is 0 Å². The minimum Gasteiger partial charge on any atom is -0.391 e. The highest BCUT2D eigenvalue weighted by molar-refractivity contribution is 6.76. The van der Waals surface area contributed by atoms with Crippen molar-refractivity contribution in [3.63, 3.8) is 0 Å². The molecular weight excluding hydrogens is 182 g/mol. The van der Waals surface area contributed by atoms with Gasteiger partial charge in [0.05, 0.1) is 12.6 Å². The zero-order chi connectivity index (χ0) is 9.90. The summed E-state index contributed by atoms with van der Waals surface area (Å²) in [6, 6.07) is 0.910. The average molecular weight is 199 g/mol. The Hall–Kier alpha value is -0.683. The third-order valence-corrected chi connectivity index (χ3v) is 3.41. The first-order chi connectivity index (χ1) is 5.97. The fourth-order valence-corrected chi connectivity index (χ4v) is 2.86. The monoisotopic (exact) mass is 199 g/mol. The zero-order valence-corrected chi connectivity index (χ0v) is 9.44. The van der Waals surface area contributed by atoms with Gasteiger partial charge in [-0.25, -0.2) is 4.98 Å². The Morgan fingerprint density at radius 2 is 2.15 bits per heavy atom. The molecular formula is C8H17N3OSi. The van der Waals surface area contributed by atoms with Crippen LogP contribution in [0.1, 0.15) is 0 Å². The first kappa shape index (κ1) is 10.4. The van der Waals surface area contributed by atoms with Crippen molar-refractivity contribution in [2.45, 2.75) is 38.3 Å². The van der Waals surface area contributed by atoms with E-state index in [9.17, 15) is 5.11 Å². The van der Waals surface area contributed by atoms with Crippen LogP contribution in [-0.4, -0.2) is 34.0 Å². The van der Waals surface area contributed by atoms with Crippen LogP contribution in [0.15, 0.2) is 12.7 Å². The molecule has 13 heavy (non-hydrogen) atoms. The van der Waals surface area contributed by atoms with E-state index in [0.717, 1.165) is 6.04 Å². The highest BCUT2D eigenvalue weighted by atomic mass is 28.3. The second-order valence-corrected chi connectivity index (χ2v) is 10.1. The lowest BCUT2D eigenvalue weighted by molar-refractivity contribution is 0.166. The molecule has 0 aromatic carbocycles. The van der Waals surface area contributed by atoms with Gasteiger partial charge in [0.15, 0.2) is 0 Å². The molecule has 0 spiro atoms. The topological polar surface area (TPSA) is 50.9 Å². The largest absolute Gasteiger partial charge is 0.391 e. The molecule has 1 unspecified atom stereocenters. The fourth-order valence-electron chi connectivity index (χ4n) is 1.31. The Labute approximate surface area is 79.6 Å². The fraction of sp³-hybridized carbons (Fsp3) is 0.750. The second kappa shape index (κ2) is 4.02. The molecule has 5 heteroatoms. The van der Waals surface area contributed by atoms with Gasteiger partial charge in [0, 0.05) is 8.07 Å². The molecule has 74 valence electrons. The predicted octanol–water partition coefficient (Wildman–Crippen LogP) is 0.977. The molecule has 0 fully saturated rings. The quantitative estimate of drug-likeness (QED) is 0.735. The lowest BCUT2D eigenvalue weighted by Gasteiger charge is -2.20. The van der Waals surface area contributed by atoms with E-state index >= 15 is 0 Å². The van der Waals surface area contributed by atoms with Gasteiger partial charge in [-0.15, -0.1) is 0 Å². The number of aliphatic hydroxyl groups is 1. The minimum atomic E-state index is -1.17. The Balaban J connectivity index is 2.38. The van der Waals surface area contributed by atoms with Crippen molar-refractivity contribution < 1.29 is 5.11 Å². The molecule has 4 nitrogen and oxygen atoms in total. The van der Waals surface area contributed by atoms with Gasteiger partial charge in [-0.1, -0.05) is 19.6 Å². The molecule has 0 amide bonds. The van der Waals surface area contributed by atoms with Crippen molar-refractivity contribution in [3.05, 3.63) is 12.7 Å². The summed E-state index contributed by atoms with van der Waals surface area (Å²) in [5.41, 5.74) is 0. The van der Waals surface area contributed by atoms with E-state index in [0.29, 0.717) is 6.54 Å². The third kappa shape index (κ3) is 4.19. The second-order valence-electron chi connectivity index (χ2n) is 4.54. The van der Waals surface area contributed by atoms with Crippen molar-refractivity contribution in [2.75, 3.05) is 0 Å².